The van der Waals surface area contributed by atoms with Gasteiger partial charge in [-0.1, -0.05) is 48.0 Å². The summed E-state index contributed by atoms with van der Waals surface area (Å²) in [7, 11) is 0. The number of rotatable bonds is 6. The predicted molar refractivity (Wildman–Crippen MR) is 96.5 cm³/mol. The number of hydrogen-bond donors (Lipinski definition) is 1. The largest absolute Gasteiger partial charge is 0.390 e. The fourth-order valence-electron chi connectivity index (χ4n) is 2.46. The van der Waals surface area contributed by atoms with Gasteiger partial charge >= 0.3 is 0 Å². The van der Waals surface area contributed by atoms with Gasteiger partial charge in [-0.2, -0.15) is 0 Å². The first kappa shape index (κ1) is 17.7. The minimum absolute atomic E-state index is 0.383. The summed E-state index contributed by atoms with van der Waals surface area (Å²) in [6.07, 6.45) is 0.619. The van der Waals surface area contributed by atoms with Crippen molar-refractivity contribution in [1.82, 2.24) is 0 Å². The third kappa shape index (κ3) is 5.19. The fourth-order valence-corrected chi connectivity index (χ4v) is 2.46. The molecule has 1 N–H and O–H groups in total. The maximum atomic E-state index is 9.82. The first-order valence-electron chi connectivity index (χ1n) is 8.21. The minimum atomic E-state index is -0.695. The van der Waals surface area contributed by atoms with E-state index in [2.05, 4.69) is 69.3 Å². The number of ether oxygens (including phenoxy) is 1. The van der Waals surface area contributed by atoms with Crippen LogP contribution in [0.15, 0.2) is 48.5 Å². The van der Waals surface area contributed by atoms with Crippen LogP contribution in [0, 0.1) is 6.92 Å². The Hall–Kier alpha value is -1.64. The molecule has 124 valence electrons. The van der Waals surface area contributed by atoms with E-state index in [0.29, 0.717) is 13.0 Å². The van der Waals surface area contributed by atoms with Gasteiger partial charge in [-0.15, -0.1) is 0 Å². The van der Waals surface area contributed by atoms with Gasteiger partial charge in [-0.05, 0) is 63.8 Å². The molecule has 0 amide bonds. The van der Waals surface area contributed by atoms with Crippen LogP contribution in [0.4, 0.5) is 0 Å². The molecule has 0 aliphatic carbocycles. The Morgan fingerprint density at radius 2 is 1.57 bits per heavy atom. The van der Waals surface area contributed by atoms with E-state index in [0.717, 1.165) is 5.56 Å². The predicted octanol–water partition coefficient (Wildman–Crippen LogP) is 5.07. The summed E-state index contributed by atoms with van der Waals surface area (Å²) < 4.78 is 6.04. The molecule has 2 nitrogen and oxygen atoms in total. The Bertz CT molecular complexity index is 634. The van der Waals surface area contributed by atoms with Gasteiger partial charge in [0, 0.05) is 0 Å². The lowest BCUT2D eigenvalue weighted by Gasteiger charge is -2.28. The highest BCUT2D eigenvalue weighted by molar-refractivity contribution is 5.64. The molecule has 2 heteroatoms. The SMILES string of the molecule is Cc1ccc(-c2cccc(C(C)(C)OCCC(C)(C)O)c2)cc1. The molecule has 2 aromatic carbocycles. The van der Waals surface area contributed by atoms with Crippen LogP contribution in [0.2, 0.25) is 0 Å². The molecule has 0 saturated heterocycles. The van der Waals surface area contributed by atoms with E-state index in [1.807, 2.05) is 0 Å². The van der Waals surface area contributed by atoms with Crippen molar-refractivity contribution in [2.75, 3.05) is 6.61 Å². The lowest BCUT2D eigenvalue weighted by Crippen LogP contribution is -2.27. The molecule has 2 rings (SSSR count). The molecule has 0 atom stereocenters. The van der Waals surface area contributed by atoms with Crippen LogP contribution in [0.1, 0.15) is 45.2 Å². The number of benzene rings is 2. The van der Waals surface area contributed by atoms with Crippen molar-refractivity contribution in [2.24, 2.45) is 0 Å². The average molecular weight is 312 g/mol. The number of aryl methyl sites for hydroxylation is 1. The topological polar surface area (TPSA) is 29.5 Å². The third-order valence-corrected chi connectivity index (χ3v) is 4.12. The van der Waals surface area contributed by atoms with Crippen molar-refractivity contribution in [1.29, 1.82) is 0 Å². The molecule has 0 bridgehead atoms. The average Bonchev–Trinajstić information content (AvgIpc) is 2.46. The highest BCUT2D eigenvalue weighted by Crippen LogP contribution is 2.29. The van der Waals surface area contributed by atoms with Crippen molar-refractivity contribution < 1.29 is 9.84 Å². The molecule has 2 aromatic rings. The summed E-state index contributed by atoms with van der Waals surface area (Å²) in [5.74, 6) is 0. The molecule has 0 aromatic heterocycles. The van der Waals surface area contributed by atoms with Crippen LogP contribution < -0.4 is 0 Å². The van der Waals surface area contributed by atoms with Gasteiger partial charge in [0.05, 0.1) is 17.8 Å². The quantitative estimate of drug-likeness (QED) is 0.806. The van der Waals surface area contributed by atoms with Gasteiger partial charge in [0.1, 0.15) is 0 Å². The van der Waals surface area contributed by atoms with E-state index < -0.39 is 5.60 Å². The molecule has 0 heterocycles. The molecule has 23 heavy (non-hydrogen) atoms. The minimum Gasteiger partial charge on any atom is -0.390 e. The van der Waals surface area contributed by atoms with Crippen molar-refractivity contribution >= 4 is 0 Å². The van der Waals surface area contributed by atoms with Crippen molar-refractivity contribution in [2.45, 2.75) is 52.2 Å². The van der Waals surface area contributed by atoms with E-state index in [1.54, 1.807) is 13.8 Å². The normalized spacial score (nSPS) is 12.4. The van der Waals surface area contributed by atoms with E-state index in [1.165, 1.54) is 16.7 Å². The van der Waals surface area contributed by atoms with Crippen LogP contribution in [-0.2, 0) is 10.3 Å². The zero-order chi connectivity index (χ0) is 17.1. The lowest BCUT2D eigenvalue weighted by atomic mass is 9.93. The number of aliphatic hydroxyl groups is 1. The van der Waals surface area contributed by atoms with E-state index in [9.17, 15) is 5.11 Å². The molecule has 0 spiro atoms. The summed E-state index contributed by atoms with van der Waals surface area (Å²) >= 11 is 0. The maximum absolute atomic E-state index is 9.82. The standard InChI is InChI=1S/C21H28O2/c1-16-9-11-17(12-10-16)18-7-6-8-19(15-18)21(4,5)23-14-13-20(2,3)22/h6-12,15,22H,13-14H2,1-5H3. The van der Waals surface area contributed by atoms with Gasteiger partial charge < -0.3 is 9.84 Å². The first-order chi connectivity index (χ1) is 10.7. The van der Waals surface area contributed by atoms with Crippen molar-refractivity contribution in [3.63, 3.8) is 0 Å². The van der Waals surface area contributed by atoms with Gasteiger partial charge in [0.2, 0.25) is 0 Å². The summed E-state index contributed by atoms with van der Waals surface area (Å²) in [4.78, 5) is 0. The molecule has 0 saturated carbocycles. The summed E-state index contributed by atoms with van der Waals surface area (Å²) in [6.45, 7) is 10.4. The van der Waals surface area contributed by atoms with Crippen molar-refractivity contribution in [3.05, 3.63) is 59.7 Å². The smallest absolute Gasteiger partial charge is 0.0875 e. The Kier molecular flexibility index (Phi) is 5.28. The lowest BCUT2D eigenvalue weighted by molar-refractivity contribution is -0.0494. The van der Waals surface area contributed by atoms with Crippen LogP contribution in [-0.4, -0.2) is 17.3 Å². The van der Waals surface area contributed by atoms with E-state index >= 15 is 0 Å². The van der Waals surface area contributed by atoms with Crippen molar-refractivity contribution in [3.8, 4) is 11.1 Å². The zero-order valence-electron chi connectivity index (χ0n) is 14.9. The molecular weight excluding hydrogens is 284 g/mol. The Balaban J connectivity index is 2.16. The van der Waals surface area contributed by atoms with Crippen LogP contribution in [0.3, 0.4) is 0 Å². The monoisotopic (exact) mass is 312 g/mol. The number of hydrogen-bond acceptors (Lipinski definition) is 2. The van der Waals surface area contributed by atoms with Crippen LogP contribution >= 0.6 is 0 Å². The highest BCUT2D eigenvalue weighted by Gasteiger charge is 2.23. The molecule has 0 radical (unpaired) electrons. The van der Waals surface area contributed by atoms with Crippen LogP contribution in [0.5, 0.6) is 0 Å². The van der Waals surface area contributed by atoms with Gasteiger partial charge in [0.25, 0.3) is 0 Å². The Morgan fingerprint density at radius 1 is 0.913 bits per heavy atom. The highest BCUT2D eigenvalue weighted by atomic mass is 16.5. The molecular formula is C21H28O2. The van der Waals surface area contributed by atoms with Gasteiger partial charge in [-0.3, -0.25) is 0 Å². The molecule has 0 unspecified atom stereocenters. The molecule has 0 aliphatic heterocycles. The third-order valence-electron chi connectivity index (χ3n) is 4.12. The maximum Gasteiger partial charge on any atom is 0.0875 e. The molecule has 0 fully saturated rings. The zero-order valence-corrected chi connectivity index (χ0v) is 14.9. The second-order valence-electron chi connectivity index (χ2n) is 7.37. The first-order valence-corrected chi connectivity index (χ1v) is 8.21. The Labute approximate surface area is 140 Å². The summed E-state index contributed by atoms with van der Waals surface area (Å²) in [5, 5.41) is 9.82. The summed E-state index contributed by atoms with van der Waals surface area (Å²) in [5.41, 5.74) is 3.74. The van der Waals surface area contributed by atoms with Gasteiger partial charge in [-0.25, -0.2) is 0 Å². The van der Waals surface area contributed by atoms with E-state index in [-0.39, 0.29) is 5.60 Å². The molecule has 0 aliphatic rings. The van der Waals surface area contributed by atoms with Crippen LogP contribution in [0.25, 0.3) is 11.1 Å². The Morgan fingerprint density at radius 3 is 2.17 bits per heavy atom. The van der Waals surface area contributed by atoms with Gasteiger partial charge in [0.15, 0.2) is 0 Å². The summed E-state index contributed by atoms with van der Waals surface area (Å²) in [6, 6.07) is 17.1. The second kappa shape index (κ2) is 6.86. The van der Waals surface area contributed by atoms with E-state index in [4.69, 9.17) is 4.74 Å². The fraction of sp³-hybridized carbons (Fsp3) is 0.429. The second-order valence-corrected chi connectivity index (χ2v) is 7.37.